The first kappa shape index (κ1) is 12.4. The Kier molecular flexibility index (Phi) is 4.72. The maximum absolute atomic E-state index is 11.5. The van der Waals surface area contributed by atoms with Crippen molar-refractivity contribution in [3.8, 4) is 0 Å². The highest BCUT2D eigenvalue weighted by Crippen LogP contribution is 1.92. The minimum atomic E-state index is -0.137. The van der Waals surface area contributed by atoms with Crippen molar-refractivity contribution in [1.29, 1.82) is 0 Å². The van der Waals surface area contributed by atoms with E-state index < -0.39 is 0 Å². The molecule has 1 rings (SSSR count). The number of nitrogens with one attached hydrogen (secondary N) is 1. The molecular weight excluding hydrogens is 206 g/mol. The molecule has 0 bridgehead atoms. The molecule has 0 aliphatic heterocycles. The third kappa shape index (κ3) is 3.86. The van der Waals surface area contributed by atoms with Crippen LogP contribution < -0.4 is 10.9 Å². The number of rotatable bonds is 6. The van der Waals surface area contributed by atoms with Crippen molar-refractivity contribution in [1.82, 2.24) is 9.55 Å². The average Bonchev–Trinajstić information content (AvgIpc) is 2.23. The summed E-state index contributed by atoms with van der Waals surface area (Å²) in [5.41, 5.74) is 0.844. The van der Waals surface area contributed by atoms with Crippen molar-refractivity contribution in [2.75, 3.05) is 25.1 Å². The third-order valence-corrected chi connectivity index (χ3v) is 1.90. The molecule has 0 saturated heterocycles. The van der Waals surface area contributed by atoms with E-state index in [9.17, 15) is 4.79 Å². The summed E-state index contributed by atoms with van der Waals surface area (Å²) in [7, 11) is 1.69. The largest absolute Gasteiger partial charge is 0.375 e. The highest BCUT2D eigenvalue weighted by Gasteiger charge is 2.00. The molecule has 0 amide bonds. The molecule has 1 aromatic heterocycles. The molecule has 0 aliphatic rings. The van der Waals surface area contributed by atoms with E-state index in [1.807, 2.05) is 6.92 Å². The minimum absolute atomic E-state index is 0.137. The van der Waals surface area contributed by atoms with Gasteiger partial charge in [-0.1, -0.05) is 12.2 Å². The quantitative estimate of drug-likeness (QED) is 0.572. The van der Waals surface area contributed by atoms with Gasteiger partial charge in [-0.15, -0.1) is 0 Å². The van der Waals surface area contributed by atoms with Gasteiger partial charge in [0.1, 0.15) is 0 Å². The van der Waals surface area contributed by atoms with Crippen LogP contribution in [0.2, 0.25) is 0 Å². The van der Waals surface area contributed by atoms with E-state index in [-0.39, 0.29) is 5.56 Å². The van der Waals surface area contributed by atoms with Gasteiger partial charge in [-0.2, -0.15) is 0 Å². The van der Waals surface area contributed by atoms with E-state index in [0.29, 0.717) is 25.6 Å². The van der Waals surface area contributed by atoms with Crippen molar-refractivity contribution in [3.63, 3.8) is 0 Å². The molecule has 1 aromatic rings. The summed E-state index contributed by atoms with van der Waals surface area (Å²) in [5.74, 6) is 0.351. The van der Waals surface area contributed by atoms with E-state index in [1.54, 1.807) is 19.4 Å². The van der Waals surface area contributed by atoms with Gasteiger partial charge >= 0.3 is 0 Å². The van der Waals surface area contributed by atoms with Gasteiger partial charge in [0.05, 0.1) is 13.2 Å². The van der Waals surface area contributed by atoms with Crippen LogP contribution in [0.5, 0.6) is 0 Å². The number of hydrogen-bond acceptors (Lipinski definition) is 4. The lowest BCUT2D eigenvalue weighted by atomic mass is 10.4. The van der Waals surface area contributed by atoms with Crippen molar-refractivity contribution in [2.24, 2.45) is 7.05 Å². The zero-order valence-corrected chi connectivity index (χ0v) is 9.69. The van der Waals surface area contributed by atoms with Crippen LogP contribution in [0, 0.1) is 0 Å². The van der Waals surface area contributed by atoms with Crippen LogP contribution in [0.1, 0.15) is 6.92 Å². The highest BCUT2D eigenvalue weighted by atomic mass is 16.5. The van der Waals surface area contributed by atoms with Crippen LogP contribution in [-0.2, 0) is 11.8 Å². The van der Waals surface area contributed by atoms with Gasteiger partial charge in [-0.25, -0.2) is 4.98 Å². The molecule has 5 nitrogen and oxygen atoms in total. The second-order valence-electron chi connectivity index (χ2n) is 3.63. The van der Waals surface area contributed by atoms with Gasteiger partial charge in [0.2, 0.25) is 0 Å². The first-order chi connectivity index (χ1) is 7.61. The molecule has 5 heteroatoms. The van der Waals surface area contributed by atoms with Gasteiger partial charge in [0, 0.05) is 26.0 Å². The highest BCUT2D eigenvalue weighted by molar-refractivity contribution is 5.30. The second-order valence-corrected chi connectivity index (χ2v) is 3.63. The standard InChI is InChI=1S/C11H17N3O2/c1-9(2)8-16-7-5-13-10-11(15)14(3)6-4-12-10/h4,6H,1,5,7-8H2,2-3H3,(H,12,13). The Morgan fingerprint density at radius 3 is 3.12 bits per heavy atom. The summed E-state index contributed by atoms with van der Waals surface area (Å²) >= 11 is 0. The summed E-state index contributed by atoms with van der Waals surface area (Å²) in [6.45, 7) is 7.25. The summed E-state index contributed by atoms with van der Waals surface area (Å²) in [4.78, 5) is 15.5. The average molecular weight is 223 g/mol. The molecule has 0 aliphatic carbocycles. The van der Waals surface area contributed by atoms with Gasteiger partial charge in [-0.05, 0) is 6.92 Å². The Hall–Kier alpha value is -1.62. The van der Waals surface area contributed by atoms with E-state index >= 15 is 0 Å². The Labute approximate surface area is 94.8 Å². The molecule has 0 atom stereocenters. The monoisotopic (exact) mass is 223 g/mol. The lowest BCUT2D eigenvalue weighted by Gasteiger charge is -2.06. The number of hydrogen-bond donors (Lipinski definition) is 1. The maximum Gasteiger partial charge on any atom is 0.293 e. The SMILES string of the molecule is C=C(C)COCCNc1nccn(C)c1=O. The molecule has 0 unspecified atom stereocenters. The zero-order chi connectivity index (χ0) is 12.0. The van der Waals surface area contributed by atoms with Crippen molar-refractivity contribution >= 4 is 5.82 Å². The fourth-order valence-corrected chi connectivity index (χ4v) is 1.11. The van der Waals surface area contributed by atoms with Crippen LogP contribution in [-0.4, -0.2) is 29.3 Å². The fourth-order valence-electron chi connectivity index (χ4n) is 1.11. The molecule has 0 fully saturated rings. The van der Waals surface area contributed by atoms with Crippen molar-refractivity contribution < 1.29 is 4.74 Å². The van der Waals surface area contributed by atoms with Crippen molar-refractivity contribution in [2.45, 2.75) is 6.92 Å². The first-order valence-electron chi connectivity index (χ1n) is 5.09. The zero-order valence-electron chi connectivity index (χ0n) is 9.69. The third-order valence-electron chi connectivity index (χ3n) is 1.90. The Balaban J connectivity index is 2.35. The predicted molar refractivity (Wildman–Crippen MR) is 63.6 cm³/mol. The fraction of sp³-hybridized carbons (Fsp3) is 0.455. The van der Waals surface area contributed by atoms with Crippen LogP contribution >= 0.6 is 0 Å². The number of ether oxygens (including phenoxy) is 1. The van der Waals surface area contributed by atoms with Crippen LogP contribution in [0.15, 0.2) is 29.3 Å². The van der Waals surface area contributed by atoms with E-state index in [4.69, 9.17) is 4.74 Å². The summed E-state index contributed by atoms with van der Waals surface area (Å²) in [6, 6.07) is 0. The molecule has 16 heavy (non-hydrogen) atoms. The Bertz CT molecular complexity index is 412. The summed E-state index contributed by atoms with van der Waals surface area (Å²) < 4.78 is 6.76. The topological polar surface area (TPSA) is 56.1 Å². The molecule has 0 radical (unpaired) electrons. The van der Waals surface area contributed by atoms with Crippen LogP contribution in [0.4, 0.5) is 5.82 Å². The van der Waals surface area contributed by atoms with Crippen LogP contribution in [0.25, 0.3) is 0 Å². The van der Waals surface area contributed by atoms with Gasteiger partial charge in [0.25, 0.3) is 5.56 Å². The molecule has 88 valence electrons. The van der Waals surface area contributed by atoms with E-state index in [0.717, 1.165) is 5.57 Å². The smallest absolute Gasteiger partial charge is 0.293 e. The van der Waals surface area contributed by atoms with E-state index in [2.05, 4.69) is 16.9 Å². The number of nitrogens with zero attached hydrogens (tertiary/aromatic N) is 2. The number of aryl methyl sites for hydroxylation is 1. The molecule has 1 heterocycles. The lowest BCUT2D eigenvalue weighted by Crippen LogP contribution is -2.23. The molecule has 0 spiro atoms. The molecule has 0 saturated carbocycles. The second kappa shape index (κ2) is 6.07. The summed E-state index contributed by atoms with van der Waals surface area (Å²) in [6.07, 6.45) is 3.20. The molecule has 1 N–H and O–H groups in total. The van der Waals surface area contributed by atoms with E-state index in [1.165, 1.54) is 4.57 Å². The Morgan fingerprint density at radius 1 is 1.69 bits per heavy atom. The van der Waals surface area contributed by atoms with Gasteiger partial charge in [-0.3, -0.25) is 4.79 Å². The summed E-state index contributed by atoms with van der Waals surface area (Å²) in [5, 5.41) is 2.93. The lowest BCUT2D eigenvalue weighted by molar-refractivity contribution is 0.167. The first-order valence-corrected chi connectivity index (χ1v) is 5.09. The van der Waals surface area contributed by atoms with Gasteiger partial charge in [0.15, 0.2) is 5.82 Å². The predicted octanol–water partition coefficient (Wildman–Crippen LogP) is 0.785. The number of anilines is 1. The maximum atomic E-state index is 11.5. The van der Waals surface area contributed by atoms with Crippen molar-refractivity contribution in [3.05, 3.63) is 34.9 Å². The van der Waals surface area contributed by atoms with Gasteiger partial charge < -0.3 is 14.6 Å². The number of aromatic nitrogens is 2. The van der Waals surface area contributed by atoms with Crippen LogP contribution in [0.3, 0.4) is 0 Å². The normalized spacial score (nSPS) is 10.1. The molecular formula is C11H17N3O2. The molecule has 0 aromatic carbocycles. The Morgan fingerprint density at radius 2 is 2.44 bits per heavy atom. The minimum Gasteiger partial charge on any atom is -0.375 e.